The third kappa shape index (κ3) is 2.93. The molecule has 2 aliphatic rings. The summed E-state index contributed by atoms with van der Waals surface area (Å²) in [5.41, 5.74) is -0.493. The van der Waals surface area contributed by atoms with E-state index in [0.717, 1.165) is 0 Å². The Balaban J connectivity index is 1.94. The van der Waals surface area contributed by atoms with Crippen molar-refractivity contribution in [3.05, 3.63) is 0 Å². The molecule has 2 heterocycles. The van der Waals surface area contributed by atoms with Crippen molar-refractivity contribution in [3.63, 3.8) is 0 Å². The smallest absolute Gasteiger partial charge is 0.410 e. The number of amides is 2. The lowest BCUT2D eigenvalue weighted by Gasteiger charge is -2.43. The number of piperazine rings is 1. The maximum atomic E-state index is 11.9. The fourth-order valence-electron chi connectivity index (χ4n) is 2.18. The molecule has 2 aliphatic heterocycles. The molecule has 2 saturated heterocycles. The average molecular weight is 256 g/mol. The molecule has 0 aromatic heterocycles. The van der Waals surface area contributed by atoms with E-state index in [1.165, 1.54) is 0 Å². The summed E-state index contributed by atoms with van der Waals surface area (Å²) in [6.45, 7) is 7.75. The molecule has 0 spiro atoms. The van der Waals surface area contributed by atoms with Crippen molar-refractivity contribution in [2.75, 3.05) is 32.8 Å². The van der Waals surface area contributed by atoms with E-state index in [1.807, 2.05) is 20.8 Å². The summed E-state index contributed by atoms with van der Waals surface area (Å²) in [7, 11) is 0. The van der Waals surface area contributed by atoms with Gasteiger partial charge in [0, 0.05) is 19.6 Å². The Bertz CT molecular complexity index is 350. The molecule has 6 nitrogen and oxygen atoms in total. The van der Waals surface area contributed by atoms with E-state index in [4.69, 9.17) is 9.47 Å². The number of carbonyl (C=O) groups excluding carboxylic acids is 2. The molecule has 0 aromatic carbocycles. The first-order chi connectivity index (χ1) is 8.37. The van der Waals surface area contributed by atoms with E-state index in [-0.39, 0.29) is 24.6 Å². The first-order valence-corrected chi connectivity index (χ1v) is 6.22. The summed E-state index contributed by atoms with van der Waals surface area (Å²) in [6.07, 6.45) is -0.319. The van der Waals surface area contributed by atoms with Gasteiger partial charge in [-0.3, -0.25) is 4.79 Å². The lowest BCUT2D eigenvalue weighted by Crippen LogP contribution is -2.61. The Kier molecular flexibility index (Phi) is 3.47. The topological polar surface area (TPSA) is 59.1 Å². The number of fused-ring (bicyclic) bond motifs is 1. The van der Waals surface area contributed by atoms with Crippen LogP contribution in [0.15, 0.2) is 0 Å². The minimum atomic E-state index is -0.493. The van der Waals surface area contributed by atoms with Crippen molar-refractivity contribution in [1.82, 2.24) is 9.80 Å². The molecule has 1 atom stereocenters. The summed E-state index contributed by atoms with van der Waals surface area (Å²) in [4.78, 5) is 27.0. The Hall–Kier alpha value is -1.30. The van der Waals surface area contributed by atoms with Crippen molar-refractivity contribution >= 4 is 12.0 Å². The van der Waals surface area contributed by atoms with Gasteiger partial charge in [-0.25, -0.2) is 4.79 Å². The zero-order valence-electron chi connectivity index (χ0n) is 11.1. The predicted molar refractivity (Wildman–Crippen MR) is 64.1 cm³/mol. The molecule has 0 aromatic rings. The van der Waals surface area contributed by atoms with Crippen LogP contribution in [-0.2, 0) is 14.3 Å². The van der Waals surface area contributed by atoms with Gasteiger partial charge in [-0.2, -0.15) is 0 Å². The van der Waals surface area contributed by atoms with Crippen LogP contribution in [0.25, 0.3) is 0 Å². The molecule has 18 heavy (non-hydrogen) atoms. The zero-order valence-corrected chi connectivity index (χ0v) is 11.1. The van der Waals surface area contributed by atoms with Gasteiger partial charge in [-0.15, -0.1) is 0 Å². The van der Waals surface area contributed by atoms with Crippen LogP contribution in [0.3, 0.4) is 0 Å². The first kappa shape index (κ1) is 13.1. The molecule has 0 bridgehead atoms. The van der Waals surface area contributed by atoms with Crippen molar-refractivity contribution in [3.8, 4) is 0 Å². The maximum Gasteiger partial charge on any atom is 0.410 e. The highest BCUT2D eigenvalue weighted by Crippen LogP contribution is 2.17. The molecule has 2 rings (SSSR count). The zero-order chi connectivity index (χ0) is 13.3. The van der Waals surface area contributed by atoms with Gasteiger partial charge >= 0.3 is 6.09 Å². The minimum Gasteiger partial charge on any atom is -0.444 e. The minimum absolute atomic E-state index is 0.00934. The molecule has 0 saturated carbocycles. The third-order valence-electron chi connectivity index (χ3n) is 2.99. The van der Waals surface area contributed by atoms with Crippen LogP contribution in [0.2, 0.25) is 0 Å². The normalized spacial score (nSPS) is 24.8. The number of carbonyl (C=O) groups is 2. The lowest BCUT2D eigenvalue weighted by atomic mass is 10.1. The van der Waals surface area contributed by atoms with Crippen molar-refractivity contribution in [2.45, 2.75) is 32.4 Å². The first-order valence-electron chi connectivity index (χ1n) is 6.22. The van der Waals surface area contributed by atoms with Gasteiger partial charge in [0.15, 0.2) is 0 Å². The third-order valence-corrected chi connectivity index (χ3v) is 2.99. The molecular weight excluding hydrogens is 236 g/mol. The molecule has 0 aliphatic carbocycles. The Morgan fingerprint density at radius 1 is 1.39 bits per heavy atom. The molecule has 1 unspecified atom stereocenters. The molecule has 0 N–H and O–H groups in total. The van der Waals surface area contributed by atoms with E-state index < -0.39 is 5.60 Å². The number of hydrogen-bond acceptors (Lipinski definition) is 4. The Morgan fingerprint density at radius 2 is 2.11 bits per heavy atom. The second-order valence-electron chi connectivity index (χ2n) is 5.68. The fourth-order valence-corrected chi connectivity index (χ4v) is 2.18. The predicted octanol–water partition coefficient (Wildman–Crippen LogP) is 0.464. The van der Waals surface area contributed by atoms with Crippen molar-refractivity contribution in [1.29, 1.82) is 0 Å². The van der Waals surface area contributed by atoms with Gasteiger partial charge in [0.05, 0.1) is 12.6 Å². The van der Waals surface area contributed by atoms with Crippen LogP contribution in [0.5, 0.6) is 0 Å². The van der Waals surface area contributed by atoms with Crippen LogP contribution in [0, 0.1) is 0 Å². The summed E-state index contributed by atoms with van der Waals surface area (Å²) < 4.78 is 10.5. The van der Waals surface area contributed by atoms with Gasteiger partial charge < -0.3 is 19.3 Å². The number of nitrogens with zero attached hydrogens (tertiary/aromatic N) is 2. The van der Waals surface area contributed by atoms with Crippen LogP contribution in [-0.4, -0.2) is 66.3 Å². The molecule has 6 heteroatoms. The number of ether oxygens (including phenoxy) is 2. The van der Waals surface area contributed by atoms with Crippen molar-refractivity contribution < 1.29 is 19.1 Å². The van der Waals surface area contributed by atoms with E-state index in [0.29, 0.717) is 26.2 Å². The van der Waals surface area contributed by atoms with Gasteiger partial charge in [0.2, 0.25) is 5.91 Å². The van der Waals surface area contributed by atoms with Crippen molar-refractivity contribution in [2.24, 2.45) is 0 Å². The van der Waals surface area contributed by atoms with E-state index in [1.54, 1.807) is 9.80 Å². The quantitative estimate of drug-likeness (QED) is 0.632. The highest BCUT2D eigenvalue weighted by atomic mass is 16.6. The SMILES string of the molecule is CC(C)(C)OC(=O)N1CCN2C(=O)COCC2C1. The van der Waals surface area contributed by atoms with Crippen LogP contribution in [0.1, 0.15) is 20.8 Å². The molecule has 0 radical (unpaired) electrons. The summed E-state index contributed by atoms with van der Waals surface area (Å²) in [5.74, 6) is 0.00934. The average Bonchev–Trinajstić information content (AvgIpc) is 2.26. The second kappa shape index (κ2) is 4.76. The summed E-state index contributed by atoms with van der Waals surface area (Å²) >= 11 is 0. The maximum absolute atomic E-state index is 11.9. The van der Waals surface area contributed by atoms with Gasteiger partial charge in [0.25, 0.3) is 0 Å². The monoisotopic (exact) mass is 256 g/mol. The second-order valence-corrected chi connectivity index (χ2v) is 5.68. The highest BCUT2D eigenvalue weighted by Gasteiger charge is 2.36. The van der Waals surface area contributed by atoms with Crippen LogP contribution >= 0.6 is 0 Å². The number of morpholine rings is 1. The molecular formula is C12H20N2O4. The van der Waals surface area contributed by atoms with E-state index in [9.17, 15) is 9.59 Å². The van der Waals surface area contributed by atoms with E-state index in [2.05, 4.69) is 0 Å². The molecule has 102 valence electrons. The fraction of sp³-hybridized carbons (Fsp3) is 0.833. The molecule has 2 amide bonds. The van der Waals surface area contributed by atoms with Gasteiger partial charge in [0.1, 0.15) is 12.2 Å². The van der Waals surface area contributed by atoms with Gasteiger partial charge in [-0.05, 0) is 20.8 Å². The Morgan fingerprint density at radius 3 is 2.78 bits per heavy atom. The summed E-state index contributed by atoms with van der Waals surface area (Å²) in [6, 6.07) is -0.0347. The lowest BCUT2D eigenvalue weighted by molar-refractivity contribution is -0.152. The number of hydrogen-bond donors (Lipinski definition) is 0. The number of rotatable bonds is 0. The van der Waals surface area contributed by atoms with Crippen LogP contribution < -0.4 is 0 Å². The summed E-state index contributed by atoms with van der Waals surface area (Å²) in [5, 5.41) is 0. The largest absolute Gasteiger partial charge is 0.444 e. The molecule has 2 fully saturated rings. The highest BCUT2D eigenvalue weighted by molar-refractivity contribution is 5.79. The van der Waals surface area contributed by atoms with Crippen LogP contribution in [0.4, 0.5) is 4.79 Å². The Labute approximate surface area is 107 Å². The standard InChI is InChI=1S/C12H20N2O4/c1-12(2,3)18-11(16)13-4-5-14-9(6-13)7-17-8-10(14)15/h9H,4-8H2,1-3H3. The van der Waals surface area contributed by atoms with E-state index >= 15 is 0 Å². The van der Waals surface area contributed by atoms with Gasteiger partial charge in [-0.1, -0.05) is 0 Å².